The van der Waals surface area contributed by atoms with Gasteiger partial charge in [0, 0.05) is 12.6 Å². The Morgan fingerprint density at radius 1 is 1.24 bits per heavy atom. The number of piperazine rings is 1. The number of carbonyl (C=O) groups is 1. The van der Waals surface area contributed by atoms with Gasteiger partial charge in [-0.25, -0.2) is 4.39 Å². The largest absolute Gasteiger partial charge is 0.346 e. The fraction of sp³-hybridized carbons (Fsp3) is 0.333. The number of quaternary nitrogens is 1. The summed E-state index contributed by atoms with van der Waals surface area (Å²) in [6.07, 6.45) is 1.75. The first-order chi connectivity index (χ1) is 16.2. The second kappa shape index (κ2) is 9.70. The maximum atomic E-state index is 13.3. The number of likely N-dealkylation sites (N-methyl/N-ethyl adjacent to an activating group) is 1. The molecule has 0 saturated carbocycles. The van der Waals surface area contributed by atoms with Crippen LogP contribution in [0.3, 0.4) is 0 Å². The van der Waals surface area contributed by atoms with E-state index < -0.39 is 0 Å². The van der Waals surface area contributed by atoms with Gasteiger partial charge in [0.1, 0.15) is 27.6 Å². The molecule has 34 heavy (non-hydrogen) atoms. The Hall–Kier alpha value is -3.00. The van der Waals surface area contributed by atoms with Crippen LogP contribution in [-0.2, 0) is 18.4 Å². The SMILES string of the molecule is Cc1c(/C=C2\SC(=S)N(Cc3ccc(F)cc3)C2=O)c(N2CC[NH+](C)CC2)n(C)c(=O)c1C#N. The molecule has 0 unspecified atom stereocenters. The van der Waals surface area contributed by atoms with Crippen molar-refractivity contribution >= 4 is 46.1 Å². The average Bonchev–Trinajstić information content (AvgIpc) is 3.07. The number of halogens is 1. The summed E-state index contributed by atoms with van der Waals surface area (Å²) in [5, 5.41) is 9.64. The average molecular weight is 499 g/mol. The number of aromatic nitrogens is 1. The Balaban J connectivity index is 1.75. The number of hydrogen-bond acceptors (Lipinski definition) is 6. The summed E-state index contributed by atoms with van der Waals surface area (Å²) < 4.78 is 15.2. The van der Waals surface area contributed by atoms with Crippen LogP contribution in [0.4, 0.5) is 10.2 Å². The van der Waals surface area contributed by atoms with Crippen molar-refractivity contribution in [1.82, 2.24) is 9.47 Å². The van der Waals surface area contributed by atoms with Crippen LogP contribution in [0.15, 0.2) is 34.0 Å². The van der Waals surface area contributed by atoms with Gasteiger partial charge in [-0.2, -0.15) is 5.26 Å². The number of rotatable bonds is 4. The normalized spacial score (nSPS) is 18.1. The van der Waals surface area contributed by atoms with E-state index in [1.54, 1.807) is 32.2 Å². The van der Waals surface area contributed by atoms with E-state index in [-0.39, 0.29) is 29.4 Å². The highest BCUT2D eigenvalue weighted by Gasteiger charge is 2.33. The number of thiocarbonyl (C=S) groups is 1. The lowest BCUT2D eigenvalue weighted by Crippen LogP contribution is -3.12. The van der Waals surface area contributed by atoms with Gasteiger partial charge in [0.15, 0.2) is 0 Å². The molecule has 2 aromatic rings. The zero-order valence-corrected chi connectivity index (χ0v) is 20.9. The van der Waals surface area contributed by atoms with Crippen LogP contribution in [0, 0.1) is 24.1 Å². The minimum Gasteiger partial charge on any atom is -0.346 e. The molecule has 0 spiro atoms. The number of carbonyl (C=O) groups excluding carboxylic acids is 1. The summed E-state index contributed by atoms with van der Waals surface area (Å²) >= 11 is 6.66. The molecule has 2 aliphatic rings. The summed E-state index contributed by atoms with van der Waals surface area (Å²) in [6.45, 7) is 5.36. The van der Waals surface area contributed by atoms with Crippen molar-refractivity contribution in [3.05, 3.63) is 67.6 Å². The van der Waals surface area contributed by atoms with E-state index in [0.29, 0.717) is 26.2 Å². The van der Waals surface area contributed by atoms with Crippen LogP contribution in [-0.4, -0.2) is 52.9 Å². The van der Waals surface area contributed by atoms with Gasteiger partial charge in [-0.05, 0) is 36.3 Å². The molecule has 0 atom stereocenters. The number of nitriles is 1. The number of nitrogens with one attached hydrogen (secondary N) is 1. The van der Waals surface area contributed by atoms with Crippen molar-refractivity contribution in [2.45, 2.75) is 13.5 Å². The monoisotopic (exact) mass is 498 g/mol. The van der Waals surface area contributed by atoms with E-state index in [1.165, 1.54) is 38.3 Å². The first-order valence-corrected chi connectivity index (χ1v) is 12.1. The number of anilines is 1. The minimum absolute atomic E-state index is 0.0686. The van der Waals surface area contributed by atoms with Crippen molar-refractivity contribution < 1.29 is 14.1 Å². The van der Waals surface area contributed by atoms with Crippen LogP contribution in [0.25, 0.3) is 6.08 Å². The molecule has 7 nitrogen and oxygen atoms in total. The summed E-state index contributed by atoms with van der Waals surface area (Å²) in [7, 11) is 3.80. The molecule has 2 aliphatic heterocycles. The molecular weight excluding hydrogens is 473 g/mol. The Labute approximate surface area is 207 Å². The molecular formula is C24H25FN5O2S2+. The van der Waals surface area contributed by atoms with Crippen molar-refractivity contribution in [2.24, 2.45) is 7.05 Å². The van der Waals surface area contributed by atoms with Crippen molar-refractivity contribution in [3.8, 4) is 6.07 Å². The van der Waals surface area contributed by atoms with Crippen molar-refractivity contribution in [1.29, 1.82) is 5.26 Å². The predicted molar refractivity (Wildman–Crippen MR) is 135 cm³/mol. The number of nitrogens with zero attached hydrogens (tertiary/aromatic N) is 4. The smallest absolute Gasteiger partial charge is 0.270 e. The highest BCUT2D eigenvalue weighted by molar-refractivity contribution is 8.26. The van der Waals surface area contributed by atoms with Gasteiger partial charge in [-0.1, -0.05) is 36.1 Å². The quantitative estimate of drug-likeness (QED) is 0.508. The molecule has 0 radical (unpaired) electrons. The summed E-state index contributed by atoms with van der Waals surface area (Å²) in [4.78, 5) is 31.6. The maximum Gasteiger partial charge on any atom is 0.270 e. The molecule has 1 aromatic carbocycles. The van der Waals surface area contributed by atoms with Crippen LogP contribution in [0.5, 0.6) is 0 Å². The number of benzene rings is 1. The highest BCUT2D eigenvalue weighted by Crippen LogP contribution is 2.36. The third kappa shape index (κ3) is 4.51. The Morgan fingerprint density at radius 3 is 2.50 bits per heavy atom. The number of hydrogen-bond donors (Lipinski definition) is 1. The standard InChI is InChI=1S/C24H24FN5O2S2/c1-15-18(21(28(3)22(31)19(15)13-26)29-10-8-27(2)9-11-29)12-20-23(32)30(24(33)34-20)14-16-4-6-17(25)7-5-16/h4-7,12H,8-11,14H2,1-3H3/p+1/b20-12-. The number of amides is 1. The predicted octanol–water partition coefficient (Wildman–Crippen LogP) is 1.44. The van der Waals surface area contributed by atoms with E-state index in [9.17, 15) is 19.2 Å². The van der Waals surface area contributed by atoms with Crippen LogP contribution < -0.4 is 15.4 Å². The van der Waals surface area contributed by atoms with E-state index in [1.807, 2.05) is 6.07 Å². The Morgan fingerprint density at radius 2 is 1.88 bits per heavy atom. The van der Waals surface area contributed by atoms with Gasteiger partial charge in [0.05, 0.1) is 44.7 Å². The molecule has 0 aliphatic carbocycles. The molecule has 1 N–H and O–H groups in total. The number of thioether (sulfide) groups is 1. The van der Waals surface area contributed by atoms with E-state index in [2.05, 4.69) is 11.9 Å². The molecule has 176 valence electrons. The van der Waals surface area contributed by atoms with E-state index in [4.69, 9.17) is 12.2 Å². The zero-order valence-electron chi connectivity index (χ0n) is 19.2. The summed E-state index contributed by atoms with van der Waals surface area (Å²) in [5.74, 6) is 0.114. The van der Waals surface area contributed by atoms with Gasteiger partial charge in [-0.15, -0.1) is 0 Å². The number of pyridine rings is 1. The van der Waals surface area contributed by atoms with Gasteiger partial charge in [0.2, 0.25) is 0 Å². The second-order valence-corrected chi connectivity index (χ2v) is 10.2. The fourth-order valence-electron chi connectivity index (χ4n) is 4.23. The Bertz CT molecular complexity index is 1290. The minimum atomic E-state index is -0.345. The molecule has 2 saturated heterocycles. The van der Waals surface area contributed by atoms with Crippen molar-refractivity contribution in [3.63, 3.8) is 0 Å². The third-order valence-corrected chi connectivity index (χ3v) is 7.67. The molecule has 3 heterocycles. The molecule has 2 fully saturated rings. The third-order valence-electron chi connectivity index (χ3n) is 6.29. The summed E-state index contributed by atoms with van der Waals surface area (Å²) in [6, 6.07) is 7.98. The van der Waals surface area contributed by atoms with Gasteiger partial charge >= 0.3 is 0 Å². The lowest BCUT2D eigenvalue weighted by Gasteiger charge is -2.34. The molecule has 4 rings (SSSR count). The lowest BCUT2D eigenvalue weighted by molar-refractivity contribution is -0.880. The van der Waals surface area contributed by atoms with Gasteiger partial charge in [0.25, 0.3) is 11.5 Å². The first-order valence-electron chi connectivity index (χ1n) is 10.9. The molecule has 10 heteroatoms. The van der Waals surface area contributed by atoms with Gasteiger partial charge < -0.3 is 9.80 Å². The van der Waals surface area contributed by atoms with E-state index >= 15 is 0 Å². The van der Waals surface area contributed by atoms with Gasteiger partial charge in [-0.3, -0.25) is 19.1 Å². The lowest BCUT2D eigenvalue weighted by atomic mass is 10.0. The van der Waals surface area contributed by atoms with Crippen LogP contribution >= 0.6 is 24.0 Å². The molecule has 0 bridgehead atoms. The van der Waals surface area contributed by atoms with Crippen LogP contribution in [0.1, 0.15) is 22.3 Å². The topological polar surface area (TPSA) is 73.8 Å². The summed E-state index contributed by atoms with van der Waals surface area (Å²) in [5.41, 5.74) is 1.72. The van der Waals surface area contributed by atoms with Crippen molar-refractivity contribution in [2.75, 3.05) is 38.1 Å². The maximum absolute atomic E-state index is 13.3. The molecule has 1 amide bonds. The van der Waals surface area contributed by atoms with Crippen LogP contribution in [0.2, 0.25) is 0 Å². The zero-order chi connectivity index (χ0) is 24.6. The highest BCUT2D eigenvalue weighted by atomic mass is 32.2. The second-order valence-electron chi connectivity index (χ2n) is 8.55. The van der Waals surface area contributed by atoms with E-state index in [0.717, 1.165) is 31.7 Å². The fourth-order valence-corrected chi connectivity index (χ4v) is 5.47. The molecule has 1 aromatic heterocycles. The first kappa shape index (κ1) is 24.1. The Kier molecular flexibility index (Phi) is 6.89.